The number of anilines is 2. The lowest BCUT2D eigenvalue weighted by Gasteiger charge is -2.14. The second-order valence-electron chi connectivity index (χ2n) is 7.09. The smallest absolute Gasteiger partial charge is 0.338 e. The third-order valence-electron chi connectivity index (χ3n) is 4.64. The number of hydrogen-bond acceptors (Lipinski definition) is 4. The number of nitrogens with one attached hydrogen (secondary N) is 2. The van der Waals surface area contributed by atoms with E-state index >= 15 is 0 Å². The molecule has 182 valence electrons. The first-order valence-electron chi connectivity index (χ1n) is 9.69. The Kier molecular flexibility index (Phi) is 9.21. The van der Waals surface area contributed by atoms with E-state index < -0.39 is 28.0 Å². The van der Waals surface area contributed by atoms with Crippen LogP contribution in [-0.2, 0) is 4.79 Å². The Morgan fingerprint density at radius 2 is 1.51 bits per heavy atom. The molecule has 0 atom stereocenters. The van der Waals surface area contributed by atoms with E-state index in [9.17, 15) is 19.5 Å². The highest BCUT2D eigenvalue weighted by Crippen LogP contribution is 2.42. The van der Waals surface area contributed by atoms with Gasteiger partial charge in [0.1, 0.15) is 0 Å². The van der Waals surface area contributed by atoms with Gasteiger partial charge < -0.3 is 15.7 Å². The van der Waals surface area contributed by atoms with Crippen molar-refractivity contribution in [3.8, 4) is 0 Å². The maximum atomic E-state index is 12.9. The molecule has 0 heterocycles. The minimum absolute atomic E-state index is 0.0980. The van der Waals surface area contributed by atoms with Crippen LogP contribution in [-0.4, -0.2) is 28.6 Å². The average Bonchev–Trinajstić information content (AvgIpc) is 2.80. The first kappa shape index (κ1) is 27.5. The van der Waals surface area contributed by atoms with Crippen LogP contribution in [0, 0.1) is 6.92 Å². The van der Waals surface area contributed by atoms with Gasteiger partial charge in [-0.3, -0.25) is 9.59 Å². The molecule has 12 heteroatoms. The lowest BCUT2D eigenvalue weighted by molar-refractivity contribution is -0.113. The summed E-state index contributed by atoms with van der Waals surface area (Å²) in [6.45, 7) is 1.86. The van der Waals surface area contributed by atoms with Crippen molar-refractivity contribution in [2.24, 2.45) is 0 Å². The lowest BCUT2D eigenvalue weighted by Crippen LogP contribution is -2.18. The molecule has 3 rings (SSSR count). The molecule has 2 amide bonds. The van der Waals surface area contributed by atoms with Crippen LogP contribution >= 0.6 is 69.8 Å². The molecule has 0 aromatic heterocycles. The Balaban J connectivity index is 1.75. The molecule has 0 unspecified atom stereocenters. The fraction of sp³-hybridized carbons (Fsp3) is 0.0870. The summed E-state index contributed by atoms with van der Waals surface area (Å²) in [6.07, 6.45) is 0. The molecule has 3 aromatic rings. The van der Waals surface area contributed by atoms with Crippen molar-refractivity contribution >= 4 is 98.9 Å². The third kappa shape index (κ3) is 6.55. The van der Waals surface area contributed by atoms with Crippen LogP contribution in [0.2, 0.25) is 25.1 Å². The van der Waals surface area contributed by atoms with Gasteiger partial charge in [0.05, 0.1) is 37.0 Å². The van der Waals surface area contributed by atoms with Crippen LogP contribution in [0.15, 0.2) is 47.4 Å². The summed E-state index contributed by atoms with van der Waals surface area (Å²) in [6, 6.07) is 11.8. The first-order chi connectivity index (χ1) is 16.5. The number of thioether (sulfide) groups is 1. The Morgan fingerprint density at radius 1 is 0.857 bits per heavy atom. The first-order valence-corrected chi connectivity index (χ1v) is 12.6. The summed E-state index contributed by atoms with van der Waals surface area (Å²) >= 11 is 31.3. The number of amides is 2. The zero-order chi connectivity index (χ0) is 25.9. The van der Waals surface area contributed by atoms with Crippen LogP contribution < -0.4 is 10.6 Å². The summed E-state index contributed by atoms with van der Waals surface area (Å²) < 4.78 is 0. The second-order valence-corrected chi connectivity index (χ2v) is 10.1. The lowest BCUT2D eigenvalue weighted by atomic mass is 10.1. The predicted octanol–water partition coefficient (Wildman–Crippen LogP) is 7.94. The monoisotopic (exact) mass is 590 g/mol. The van der Waals surface area contributed by atoms with Gasteiger partial charge >= 0.3 is 5.97 Å². The van der Waals surface area contributed by atoms with Crippen LogP contribution in [0.3, 0.4) is 0 Å². The molecule has 0 aliphatic heterocycles. The van der Waals surface area contributed by atoms with E-state index in [1.807, 2.05) is 6.92 Å². The van der Waals surface area contributed by atoms with Crippen molar-refractivity contribution in [3.63, 3.8) is 0 Å². The molecule has 35 heavy (non-hydrogen) atoms. The van der Waals surface area contributed by atoms with Crippen molar-refractivity contribution in [2.75, 3.05) is 16.4 Å². The highest BCUT2D eigenvalue weighted by molar-refractivity contribution is 8.00. The van der Waals surface area contributed by atoms with E-state index in [2.05, 4.69) is 10.6 Å². The van der Waals surface area contributed by atoms with Gasteiger partial charge in [-0.2, -0.15) is 0 Å². The van der Waals surface area contributed by atoms with Gasteiger partial charge in [-0.25, -0.2) is 4.79 Å². The molecule has 0 saturated heterocycles. The van der Waals surface area contributed by atoms with Crippen molar-refractivity contribution in [2.45, 2.75) is 11.8 Å². The van der Waals surface area contributed by atoms with Crippen molar-refractivity contribution in [1.82, 2.24) is 0 Å². The van der Waals surface area contributed by atoms with Crippen LogP contribution in [0.1, 0.15) is 26.3 Å². The largest absolute Gasteiger partial charge is 0.478 e. The Bertz CT molecular complexity index is 1350. The number of carboxylic acid groups (broad SMARTS) is 1. The summed E-state index contributed by atoms with van der Waals surface area (Å²) in [5, 5.41) is 14.2. The van der Waals surface area contributed by atoms with Gasteiger partial charge in [0.15, 0.2) is 0 Å². The molecule has 0 aliphatic carbocycles. The van der Waals surface area contributed by atoms with Gasteiger partial charge in [0.25, 0.3) is 5.91 Å². The summed E-state index contributed by atoms with van der Waals surface area (Å²) in [7, 11) is 0. The van der Waals surface area contributed by atoms with Crippen molar-refractivity contribution < 1.29 is 19.5 Å². The van der Waals surface area contributed by atoms with Gasteiger partial charge in [-0.15, -0.1) is 11.8 Å². The molecule has 3 aromatic carbocycles. The minimum Gasteiger partial charge on any atom is -0.478 e. The fourth-order valence-corrected chi connectivity index (χ4v) is 4.91. The third-order valence-corrected chi connectivity index (χ3v) is 7.67. The van der Waals surface area contributed by atoms with Gasteiger partial charge in [0.2, 0.25) is 5.91 Å². The van der Waals surface area contributed by atoms with E-state index in [1.165, 1.54) is 11.8 Å². The zero-order valence-corrected chi connectivity index (χ0v) is 22.3. The van der Waals surface area contributed by atoms with Crippen molar-refractivity contribution in [1.29, 1.82) is 0 Å². The number of rotatable bonds is 7. The van der Waals surface area contributed by atoms with Gasteiger partial charge in [-0.05, 0) is 42.8 Å². The fourth-order valence-electron chi connectivity index (χ4n) is 2.97. The van der Waals surface area contributed by atoms with Crippen LogP contribution in [0.4, 0.5) is 11.4 Å². The quantitative estimate of drug-likeness (QED) is 0.147. The number of carbonyl (C=O) groups is 3. The maximum absolute atomic E-state index is 12.9. The topological polar surface area (TPSA) is 95.5 Å². The second kappa shape index (κ2) is 11.7. The molecular weight excluding hydrogens is 578 g/mol. The number of benzene rings is 3. The Hall–Kier alpha value is -2.13. The summed E-state index contributed by atoms with van der Waals surface area (Å²) in [5.74, 6) is -2.48. The van der Waals surface area contributed by atoms with Crippen molar-refractivity contribution in [3.05, 3.63) is 84.3 Å². The number of aryl methyl sites for hydroxylation is 1. The molecular formula is C23H15Cl5N2O4S. The van der Waals surface area contributed by atoms with E-state index in [0.29, 0.717) is 21.3 Å². The van der Waals surface area contributed by atoms with E-state index in [-0.39, 0.29) is 26.7 Å². The Labute approximate surface area is 229 Å². The normalized spacial score (nSPS) is 10.7. The maximum Gasteiger partial charge on any atom is 0.338 e. The number of carbonyl (C=O) groups excluding carboxylic acids is 2. The predicted molar refractivity (Wildman–Crippen MR) is 143 cm³/mol. The standard InChI is InChI=1S/C23H15Cl5N2O4S/c1-10-5-6-11(24)7-14(10)30-15(31)9-35-13-4-2-3-12(8-13)29-22(32)16-17(23(33)34)19(26)21(28)20(27)18(16)25/h2-8H,9H2,1H3,(H,29,32)(H,30,31)(H,33,34). The molecule has 6 nitrogen and oxygen atoms in total. The highest BCUT2D eigenvalue weighted by atomic mass is 35.5. The SMILES string of the molecule is Cc1ccc(Cl)cc1NC(=O)CSc1cccc(NC(=O)c2c(Cl)c(Cl)c(Cl)c(Cl)c2C(=O)O)c1. The van der Waals surface area contributed by atoms with E-state index in [1.54, 1.807) is 42.5 Å². The Morgan fingerprint density at radius 3 is 2.17 bits per heavy atom. The number of aromatic carboxylic acids is 1. The molecule has 0 fully saturated rings. The molecule has 3 N–H and O–H groups in total. The number of hydrogen-bond donors (Lipinski definition) is 3. The molecule has 0 radical (unpaired) electrons. The highest BCUT2D eigenvalue weighted by Gasteiger charge is 2.29. The number of halogens is 5. The van der Waals surface area contributed by atoms with Crippen LogP contribution in [0.5, 0.6) is 0 Å². The molecule has 0 saturated carbocycles. The average molecular weight is 593 g/mol. The minimum atomic E-state index is -1.49. The molecule has 0 aliphatic rings. The van der Waals surface area contributed by atoms with Gasteiger partial charge in [0, 0.05) is 21.3 Å². The number of carboxylic acids is 1. The van der Waals surface area contributed by atoms with E-state index in [0.717, 1.165) is 5.56 Å². The zero-order valence-electron chi connectivity index (χ0n) is 17.7. The molecule has 0 bridgehead atoms. The van der Waals surface area contributed by atoms with Crippen LogP contribution in [0.25, 0.3) is 0 Å². The summed E-state index contributed by atoms with van der Waals surface area (Å²) in [5.41, 5.74) is 0.838. The molecule has 0 spiro atoms. The van der Waals surface area contributed by atoms with Gasteiger partial charge in [-0.1, -0.05) is 70.1 Å². The van der Waals surface area contributed by atoms with E-state index in [4.69, 9.17) is 58.0 Å². The summed E-state index contributed by atoms with van der Waals surface area (Å²) in [4.78, 5) is 37.7.